The van der Waals surface area contributed by atoms with Crippen LogP contribution in [0.5, 0.6) is 0 Å². The summed E-state index contributed by atoms with van der Waals surface area (Å²) in [4.78, 5) is 6.93. The van der Waals surface area contributed by atoms with Gasteiger partial charge in [0.25, 0.3) is 0 Å². The number of rotatable bonds is 4. The first-order chi connectivity index (χ1) is 12.2. The number of hydrogen-bond donors (Lipinski definition) is 2. The standard InChI is InChI=1S/C20H34N4O2S.HI/c1-18(2,3)23-27(25,26)16-12-10-9-11-15(16)13-22-17(21-8)24-14-19(4,5)20(24,6)7;/h9-12,23H,13-14H2,1-8H3,(H,21,22);1H. The molecule has 1 fully saturated rings. The van der Waals surface area contributed by atoms with Gasteiger partial charge in [0.15, 0.2) is 5.96 Å². The fourth-order valence-corrected chi connectivity index (χ4v) is 4.90. The zero-order valence-electron chi connectivity index (χ0n) is 18.3. The van der Waals surface area contributed by atoms with E-state index in [4.69, 9.17) is 0 Å². The van der Waals surface area contributed by atoms with Gasteiger partial charge < -0.3 is 10.2 Å². The second-order valence-electron chi connectivity index (χ2n) is 9.39. The molecular formula is C20H35IN4O2S. The molecule has 2 N–H and O–H groups in total. The summed E-state index contributed by atoms with van der Waals surface area (Å²) in [6.07, 6.45) is 0. The number of nitrogens with one attached hydrogen (secondary N) is 2. The van der Waals surface area contributed by atoms with Crippen molar-refractivity contribution in [2.45, 2.75) is 71.0 Å². The minimum Gasteiger partial charge on any atom is -0.352 e. The molecule has 0 unspecified atom stereocenters. The van der Waals surface area contributed by atoms with Gasteiger partial charge in [-0.25, -0.2) is 13.1 Å². The molecule has 1 heterocycles. The smallest absolute Gasteiger partial charge is 0.241 e. The summed E-state index contributed by atoms with van der Waals surface area (Å²) < 4.78 is 28.3. The van der Waals surface area contributed by atoms with E-state index in [0.717, 1.165) is 12.5 Å². The molecule has 160 valence electrons. The average molecular weight is 522 g/mol. The molecule has 0 atom stereocenters. The van der Waals surface area contributed by atoms with Crippen LogP contribution in [-0.4, -0.2) is 43.9 Å². The van der Waals surface area contributed by atoms with Gasteiger partial charge in [-0.1, -0.05) is 32.0 Å². The largest absolute Gasteiger partial charge is 0.352 e. The SMILES string of the molecule is CN=C(NCc1ccccc1S(=O)(=O)NC(C)(C)C)N1CC(C)(C)C1(C)C.I. The maximum absolute atomic E-state index is 12.8. The van der Waals surface area contributed by atoms with Gasteiger partial charge in [-0.15, -0.1) is 24.0 Å². The first kappa shape index (κ1) is 25.2. The topological polar surface area (TPSA) is 73.8 Å². The molecule has 8 heteroatoms. The van der Waals surface area contributed by atoms with Gasteiger partial charge >= 0.3 is 0 Å². The van der Waals surface area contributed by atoms with E-state index in [1.54, 1.807) is 19.2 Å². The fraction of sp³-hybridized carbons (Fsp3) is 0.650. The van der Waals surface area contributed by atoms with Crippen LogP contribution < -0.4 is 10.0 Å². The minimum atomic E-state index is -3.60. The lowest BCUT2D eigenvalue weighted by molar-refractivity contribution is -0.0668. The summed E-state index contributed by atoms with van der Waals surface area (Å²) in [7, 11) is -1.84. The third kappa shape index (κ3) is 5.18. The third-order valence-corrected chi connectivity index (χ3v) is 7.35. The highest BCUT2D eigenvalue weighted by Gasteiger charge is 2.53. The highest BCUT2D eigenvalue weighted by atomic mass is 127. The lowest BCUT2D eigenvalue weighted by Gasteiger charge is -2.62. The van der Waals surface area contributed by atoms with Crippen LogP contribution in [0.4, 0.5) is 0 Å². The van der Waals surface area contributed by atoms with Gasteiger partial charge in [-0.3, -0.25) is 4.99 Å². The Hall–Kier alpha value is -0.870. The van der Waals surface area contributed by atoms with Crippen LogP contribution in [0.15, 0.2) is 34.2 Å². The second kappa shape index (κ2) is 8.47. The number of sulfonamides is 1. The summed E-state index contributed by atoms with van der Waals surface area (Å²) in [6, 6.07) is 7.08. The van der Waals surface area contributed by atoms with Gasteiger partial charge in [0.1, 0.15) is 0 Å². The number of guanidine groups is 1. The number of nitrogens with zero attached hydrogens (tertiary/aromatic N) is 2. The number of halogens is 1. The molecule has 0 radical (unpaired) electrons. The first-order valence-corrected chi connectivity index (χ1v) is 10.8. The first-order valence-electron chi connectivity index (χ1n) is 9.31. The van der Waals surface area contributed by atoms with Gasteiger partial charge in [0.05, 0.1) is 4.90 Å². The van der Waals surface area contributed by atoms with Crippen LogP contribution in [-0.2, 0) is 16.6 Å². The molecule has 1 aromatic carbocycles. The Morgan fingerprint density at radius 3 is 2.21 bits per heavy atom. The Bertz CT molecular complexity index is 827. The molecule has 1 saturated heterocycles. The van der Waals surface area contributed by atoms with Crippen LogP contribution in [0.3, 0.4) is 0 Å². The molecule has 2 rings (SSSR count). The molecule has 0 saturated carbocycles. The quantitative estimate of drug-likeness (QED) is 0.360. The van der Waals surface area contributed by atoms with E-state index in [1.165, 1.54) is 0 Å². The summed E-state index contributed by atoms with van der Waals surface area (Å²) >= 11 is 0. The van der Waals surface area contributed by atoms with Crippen molar-refractivity contribution in [3.05, 3.63) is 29.8 Å². The van der Waals surface area contributed by atoms with Crippen LogP contribution in [0.2, 0.25) is 0 Å². The lowest BCUT2D eigenvalue weighted by atomic mass is 9.65. The molecule has 6 nitrogen and oxygen atoms in total. The van der Waals surface area contributed by atoms with Gasteiger partial charge in [0, 0.05) is 36.6 Å². The van der Waals surface area contributed by atoms with Gasteiger partial charge in [-0.2, -0.15) is 0 Å². The summed E-state index contributed by atoms with van der Waals surface area (Å²) in [6.45, 7) is 15.7. The molecule has 0 amide bonds. The summed E-state index contributed by atoms with van der Waals surface area (Å²) in [5.41, 5.74) is 0.354. The number of hydrogen-bond acceptors (Lipinski definition) is 3. The Morgan fingerprint density at radius 2 is 1.75 bits per heavy atom. The zero-order valence-corrected chi connectivity index (χ0v) is 21.4. The second-order valence-corrected chi connectivity index (χ2v) is 11.0. The average Bonchev–Trinajstić information content (AvgIpc) is 2.52. The van der Waals surface area contributed by atoms with Crippen molar-refractivity contribution in [3.63, 3.8) is 0 Å². The van der Waals surface area contributed by atoms with Crippen molar-refractivity contribution >= 4 is 40.0 Å². The lowest BCUT2D eigenvalue weighted by Crippen LogP contribution is -2.72. The van der Waals surface area contributed by atoms with Gasteiger partial charge in [0.2, 0.25) is 10.0 Å². The number of likely N-dealkylation sites (tertiary alicyclic amines) is 1. The van der Waals surface area contributed by atoms with Crippen molar-refractivity contribution in [1.82, 2.24) is 14.9 Å². The normalized spacial score (nSPS) is 18.9. The predicted octanol–water partition coefficient (Wildman–Crippen LogP) is 3.58. The summed E-state index contributed by atoms with van der Waals surface area (Å²) in [5.74, 6) is 0.787. The van der Waals surface area contributed by atoms with Crippen LogP contribution >= 0.6 is 24.0 Å². The minimum absolute atomic E-state index is 0. The predicted molar refractivity (Wildman–Crippen MR) is 127 cm³/mol. The van der Waals surface area contributed by atoms with Crippen molar-refractivity contribution in [2.24, 2.45) is 10.4 Å². The maximum Gasteiger partial charge on any atom is 0.241 e. The number of aliphatic imine (C=N–C) groups is 1. The number of benzene rings is 1. The van der Waals surface area contributed by atoms with E-state index >= 15 is 0 Å². The van der Waals surface area contributed by atoms with Gasteiger partial charge in [-0.05, 0) is 46.2 Å². The van der Waals surface area contributed by atoms with E-state index in [2.05, 4.69) is 47.6 Å². The Kier molecular flexibility index (Phi) is 7.62. The fourth-order valence-electron chi connectivity index (χ4n) is 3.24. The maximum atomic E-state index is 12.8. The van der Waals surface area contributed by atoms with Crippen molar-refractivity contribution < 1.29 is 8.42 Å². The zero-order chi connectivity index (χ0) is 20.7. The van der Waals surface area contributed by atoms with E-state index < -0.39 is 15.6 Å². The molecule has 28 heavy (non-hydrogen) atoms. The highest BCUT2D eigenvalue weighted by Crippen LogP contribution is 2.46. The molecular weight excluding hydrogens is 487 g/mol. The highest BCUT2D eigenvalue weighted by molar-refractivity contribution is 14.0. The molecule has 0 bridgehead atoms. The molecule has 0 aliphatic carbocycles. The van der Waals surface area contributed by atoms with E-state index in [9.17, 15) is 8.42 Å². The molecule has 0 aromatic heterocycles. The molecule has 1 aliphatic heterocycles. The molecule has 1 aliphatic rings. The van der Waals surface area contributed by atoms with Crippen LogP contribution in [0.1, 0.15) is 54.0 Å². The van der Waals surface area contributed by atoms with Crippen molar-refractivity contribution in [2.75, 3.05) is 13.6 Å². The monoisotopic (exact) mass is 522 g/mol. The van der Waals surface area contributed by atoms with Crippen LogP contribution in [0.25, 0.3) is 0 Å². The van der Waals surface area contributed by atoms with Crippen molar-refractivity contribution in [3.8, 4) is 0 Å². The molecule has 1 aromatic rings. The van der Waals surface area contributed by atoms with E-state index in [1.807, 2.05) is 32.9 Å². The Morgan fingerprint density at radius 1 is 1.18 bits per heavy atom. The van der Waals surface area contributed by atoms with E-state index in [-0.39, 0.29) is 34.9 Å². The molecule has 0 spiro atoms. The Balaban J connectivity index is 0.00000392. The van der Waals surface area contributed by atoms with E-state index in [0.29, 0.717) is 17.0 Å². The van der Waals surface area contributed by atoms with Crippen LogP contribution in [0, 0.1) is 5.41 Å². The Labute approximate surface area is 187 Å². The summed E-state index contributed by atoms with van der Waals surface area (Å²) in [5, 5.41) is 3.34. The third-order valence-electron chi connectivity index (χ3n) is 5.49. The van der Waals surface area contributed by atoms with Crippen molar-refractivity contribution in [1.29, 1.82) is 0 Å².